The number of aliphatic carboxylic acids is 1. The van der Waals surface area contributed by atoms with Gasteiger partial charge in [0.25, 0.3) is 0 Å². The second-order valence-corrected chi connectivity index (χ2v) is 4.87. The number of likely N-dealkylation sites (N-methyl/N-ethyl adjacent to an activating group) is 1. The van der Waals surface area contributed by atoms with Gasteiger partial charge in [0.1, 0.15) is 0 Å². The van der Waals surface area contributed by atoms with Gasteiger partial charge in [0, 0.05) is 32.1 Å². The minimum Gasteiger partial charge on any atom is -0.481 e. The van der Waals surface area contributed by atoms with Crippen molar-refractivity contribution in [3.63, 3.8) is 0 Å². The Morgan fingerprint density at radius 2 is 2.11 bits per heavy atom. The van der Waals surface area contributed by atoms with Gasteiger partial charge in [0.05, 0.1) is 6.04 Å². The normalized spacial score (nSPS) is 22.8. The van der Waals surface area contributed by atoms with E-state index in [1.807, 2.05) is 0 Å². The van der Waals surface area contributed by atoms with Gasteiger partial charge in [-0.2, -0.15) is 0 Å². The molecule has 0 saturated carbocycles. The van der Waals surface area contributed by atoms with Crippen LogP contribution in [0.15, 0.2) is 0 Å². The molecule has 1 aliphatic rings. The SMILES string of the molecule is CCC1CN(C(=O)C(N)CCC(=O)O)CCN1C. The zero-order valence-electron chi connectivity index (χ0n) is 11.1. The number of rotatable bonds is 5. The number of amides is 1. The third kappa shape index (κ3) is 3.96. The lowest BCUT2D eigenvalue weighted by atomic mass is 10.1. The van der Waals surface area contributed by atoms with Crippen LogP contribution in [0.2, 0.25) is 0 Å². The van der Waals surface area contributed by atoms with Crippen LogP contribution >= 0.6 is 0 Å². The molecule has 104 valence electrons. The van der Waals surface area contributed by atoms with Crippen molar-refractivity contribution in [3.05, 3.63) is 0 Å². The van der Waals surface area contributed by atoms with E-state index < -0.39 is 12.0 Å². The molecule has 2 unspecified atom stereocenters. The Kier molecular flexibility index (Phi) is 5.55. The highest BCUT2D eigenvalue weighted by atomic mass is 16.4. The van der Waals surface area contributed by atoms with Crippen LogP contribution < -0.4 is 5.73 Å². The Balaban J connectivity index is 2.48. The smallest absolute Gasteiger partial charge is 0.303 e. The van der Waals surface area contributed by atoms with Gasteiger partial charge in [-0.25, -0.2) is 0 Å². The Morgan fingerprint density at radius 3 is 2.67 bits per heavy atom. The molecular weight excluding hydrogens is 234 g/mol. The van der Waals surface area contributed by atoms with E-state index in [-0.39, 0.29) is 18.7 Å². The predicted octanol–water partition coefficient (Wildman–Crippen LogP) is -0.269. The van der Waals surface area contributed by atoms with Crippen molar-refractivity contribution in [2.75, 3.05) is 26.7 Å². The number of carboxylic acid groups (broad SMARTS) is 1. The molecule has 0 aliphatic carbocycles. The van der Waals surface area contributed by atoms with E-state index in [0.29, 0.717) is 19.1 Å². The first-order valence-electron chi connectivity index (χ1n) is 6.42. The third-order valence-corrected chi connectivity index (χ3v) is 3.55. The molecule has 1 aliphatic heterocycles. The summed E-state index contributed by atoms with van der Waals surface area (Å²) >= 11 is 0. The maximum absolute atomic E-state index is 12.1. The van der Waals surface area contributed by atoms with Crippen molar-refractivity contribution in [1.82, 2.24) is 9.80 Å². The molecule has 0 bridgehead atoms. The minimum absolute atomic E-state index is 0.0577. The first kappa shape index (κ1) is 14.9. The van der Waals surface area contributed by atoms with E-state index in [4.69, 9.17) is 10.8 Å². The lowest BCUT2D eigenvalue weighted by Gasteiger charge is -2.40. The van der Waals surface area contributed by atoms with Crippen LogP contribution in [0.5, 0.6) is 0 Å². The highest BCUT2D eigenvalue weighted by Crippen LogP contribution is 2.12. The lowest BCUT2D eigenvalue weighted by molar-refractivity contribution is -0.138. The molecule has 6 heteroatoms. The van der Waals surface area contributed by atoms with Gasteiger partial charge in [-0.3, -0.25) is 14.5 Å². The fraction of sp³-hybridized carbons (Fsp3) is 0.833. The van der Waals surface area contributed by atoms with E-state index in [2.05, 4.69) is 18.9 Å². The van der Waals surface area contributed by atoms with Crippen LogP contribution in [0.25, 0.3) is 0 Å². The summed E-state index contributed by atoms with van der Waals surface area (Å²) in [7, 11) is 2.06. The number of nitrogens with zero attached hydrogens (tertiary/aromatic N) is 2. The van der Waals surface area contributed by atoms with Crippen LogP contribution in [0.4, 0.5) is 0 Å². The highest BCUT2D eigenvalue weighted by Gasteiger charge is 2.28. The Hall–Kier alpha value is -1.14. The van der Waals surface area contributed by atoms with Gasteiger partial charge in [-0.15, -0.1) is 0 Å². The molecule has 3 N–H and O–H groups in total. The molecule has 18 heavy (non-hydrogen) atoms. The number of hydrogen-bond donors (Lipinski definition) is 2. The van der Waals surface area contributed by atoms with E-state index in [9.17, 15) is 9.59 Å². The Labute approximate surface area is 108 Å². The van der Waals surface area contributed by atoms with Crippen LogP contribution in [0.3, 0.4) is 0 Å². The molecule has 0 radical (unpaired) electrons. The Bertz CT molecular complexity index is 309. The molecule has 0 aromatic carbocycles. The summed E-state index contributed by atoms with van der Waals surface area (Å²) in [4.78, 5) is 26.5. The number of carbonyl (C=O) groups excluding carboxylic acids is 1. The minimum atomic E-state index is -0.914. The van der Waals surface area contributed by atoms with Gasteiger partial charge in [0.2, 0.25) is 5.91 Å². The Morgan fingerprint density at radius 1 is 1.44 bits per heavy atom. The van der Waals surface area contributed by atoms with Crippen molar-refractivity contribution >= 4 is 11.9 Å². The quantitative estimate of drug-likeness (QED) is 0.708. The maximum atomic E-state index is 12.1. The lowest BCUT2D eigenvalue weighted by Crippen LogP contribution is -2.56. The van der Waals surface area contributed by atoms with Gasteiger partial charge < -0.3 is 15.7 Å². The average molecular weight is 257 g/mol. The van der Waals surface area contributed by atoms with Gasteiger partial charge in [-0.05, 0) is 19.9 Å². The molecule has 0 spiro atoms. The third-order valence-electron chi connectivity index (χ3n) is 3.55. The van der Waals surface area contributed by atoms with E-state index >= 15 is 0 Å². The summed E-state index contributed by atoms with van der Waals surface area (Å²) in [5.74, 6) is -1.04. The molecule has 6 nitrogen and oxygen atoms in total. The molecule has 1 heterocycles. The first-order valence-corrected chi connectivity index (χ1v) is 6.42. The van der Waals surface area contributed by atoms with Crippen LogP contribution in [0, 0.1) is 0 Å². The van der Waals surface area contributed by atoms with Gasteiger partial charge >= 0.3 is 5.97 Å². The topological polar surface area (TPSA) is 86.9 Å². The maximum Gasteiger partial charge on any atom is 0.303 e. The van der Waals surface area contributed by atoms with Crippen molar-refractivity contribution in [3.8, 4) is 0 Å². The standard InChI is InChI=1S/C12H23N3O3/c1-3-9-8-15(7-6-14(9)2)12(18)10(13)4-5-11(16)17/h9-10H,3-8,13H2,1-2H3,(H,16,17). The van der Waals surface area contributed by atoms with Crippen LogP contribution in [-0.4, -0.2) is 65.5 Å². The summed E-state index contributed by atoms with van der Waals surface area (Å²) < 4.78 is 0. The van der Waals surface area contributed by atoms with Crippen molar-refractivity contribution in [2.24, 2.45) is 5.73 Å². The van der Waals surface area contributed by atoms with E-state index in [0.717, 1.165) is 13.0 Å². The largest absolute Gasteiger partial charge is 0.481 e. The molecule has 1 rings (SSSR count). The number of carbonyl (C=O) groups is 2. The number of nitrogens with two attached hydrogens (primary N) is 1. The summed E-state index contributed by atoms with van der Waals surface area (Å²) in [6, 6.07) is -0.323. The summed E-state index contributed by atoms with van der Waals surface area (Å²) in [6.45, 7) is 4.30. The summed E-state index contributed by atoms with van der Waals surface area (Å²) in [5, 5.41) is 8.58. The van der Waals surface area contributed by atoms with Crippen molar-refractivity contribution in [1.29, 1.82) is 0 Å². The van der Waals surface area contributed by atoms with Crippen molar-refractivity contribution in [2.45, 2.75) is 38.3 Å². The van der Waals surface area contributed by atoms with E-state index in [1.54, 1.807) is 4.90 Å². The van der Waals surface area contributed by atoms with Crippen LogP contribution in [-0.2, 0) is 9.59 Å². The van der Waals surface area contributed by atoms with Gasteiger partial charge in [-0.1, -0.05) is 6.92 Å². The number of hydrogen-bond acceptors (Lipinski definition) is 4. The van der Waals surface area contributed by atoms with Gasteiger partial charge in [0.15, 0.2) is 0 Å². The molecule has 0 aromatic rings. The fourth-order valence-electron chi connectivity index (χ4n) is 2.22. The molecule has 1 saturated heterocycles. The first-order chi connectivity index (χ1) is 8.45. The zero-order chi connectivity index (χ0) is 13.7. The summed E-state index contributed by atoms with van der Waals surface area (Å²) in [6.07, 6.45) is 1.14. The molecular formula is C12H23N3O3. The highest BCUT2D eigenvalue weighted by molar-refractivity contribution is 5.82. The number of piperazine rings is 1. The molecule has 1 fully saturated rings. The predicted molar refractivity (Wildman–Crippen MR) is 68.1 cm³/mol. The summed E-state index contributed by atoms with van der Waals surface area (Å²) in [5.41, 5.74) is 5.75. The molecule has 1 amide bonds. The average Bonchev–Trinajstić information content (AvgIpc) is 2.35. The second kappa shape index (κ2) is 6.70. The monoisotopic (exact) mass is 257 g/mol. The number of carboxylic acids is 1. The van der Waals surface area contributed by atoms with Crippen molar-refractivity contribution < 1.29 is 14.7 Å². The molecule has 2 atom stereocenters. The zero-order valence-corrected chi connectivity index (χ0v) is 11.1. The van der Waals surface area contributed by atoms with E-state index in [1.165, 1.54) is 0 Å². The second-order valence-electron chi connectivity index (χ2n) is 4.87. The molecule has 0 aromatic heterocycles. The van der Waals surface area contributed by atoms with Crippen LogP contribution in [0.1, 0.15) is 26.2 Å². The fourth-order valence-corrected chi connectivity index (χ4v) is 2.22.